The van der Waals surface area contributed by atoms with Gasteiger partial charge in [-0.3, -0.25) is 4.79 Å². The molecule has 0 saturated carbocycles. The van der Waals surface area contributed by atoms with Gasteiger partial charge in [-0.1, -0.05) is 31.6 Å². The summed E-state index contributed by atoms with van der Waals surface area (Å²) in [4.78, 5) is 10.8. The quantitative estimate of drug-likeness (QED) is 0.481. The van der Waals surface area contributed by atoms with E-state index in [1.807, 2.05) is 31.2 Å². The standard InChI is InChI=1S/C12H20O2/c1-4-6-8-10-12(9-7-5-2)14-11(3)13/h4,6,8,10,12H,5,7,9H2,1-3H3/b6-4-,10-8+. The zero-order valence-corrected chi connectivity index (χ0v) is 9.32. The highest BCUT2D eigenvalue weighted by Crippen LogP contribution is 2.06. The Morgan fingerprint density at radius 2 is 2.14 bits per heavy atom. The average Bonchev–Trinajstić information content (AvgIpc) is 2.13. The van der Waals surface area contributed by atoms with E-state index in [4.69, 9.17) is 4.74 Å². The Balaban J connectivity index is 4.02. The van der Waals surface area contributed by atoms with E-state index in [0.717, 1.165) is 19.3 Å². The highest BCUT2D eigenvalue weighted by atomic mass is 16.5. The van der Waals surface area contributed by atoms with Gasteiger partial charge in [0.15, 0.2) is 0 Å². The van der Waals surface area contributed by atoms with Gasteiger partial charge in [0.2, 0.25) is 0 Å². The van der Waals surface area contributed by atoms with E-state index in [2.05, 4.69) is 6.92 Å². The number of rotatable bonds is 6. The summed E-state index contributed by atoms with van der Waals surface area (Å²) in [6, 6.07) is 0. The minimum Gasteiger partial charge on any atom is -0.458 e. The summed E-state index contributed by atoms with van der Waals surface area (Å²) in [5.74, 6) is -0.212. The average molecular weight is 196 g/mol. The van der Waals surface area contributed by atoms with Crippen molar-refractivity contribution >= 4 is 5.97 Å². The van der Waals surface area contributed by atoms with E-state index < -0.39 is 0 Å². The molecule has 0 fully saturated rings. The van der Waals surface area contributed by atoms with Crippen LogP contribution in [0.5, 0.6) is 0 Å². The fourth-order valence-corrected chi connectivity index (χ4v) is 1.11. The first-order valence-electron chi connectivity index (χ1n) is 5.17. The minimum absolute atomic E-state index is 0.0661. The van der Waals surface area contributed by atoms with E-state index >= 15 is 0 Å². The maximum atomic E-state index is 10.8. The number of ether oxygens (including phenoxy) is 1. The van der Waals surface area contributed by atoms with Crippen LogP contribution in [-0.4, -0.2) is 12.1 Å². The first kappa shape index (κ1) is 12.9. The number of hydrogen-bond donors (Lipinski definition) is 0. The van der Waals surface area contributed by atoms with Gasteiger partial charge in [0.1, 0.15) is 6.10 Å². The van der Waals surface area contributed by atoms with Crippen molar-refractivity contribution in [1.82, 2.24) is 0 Å². The molecule has 0 aliphatic rings. The van der Waals surface area contributed by atoms with E-state index in [1.54, 1.807) is 0 Å². The molecule has 0 saturated heterocycles. The second kappa shape index (κ2) is 8.54. The van der Waals surface area contributed by atoms with Gasteiger partial charge < -0.3 is 4.74 Å². The largest absolute Gasteiger partial charge is 0.458 e. The molecule has 0 N–H and O–H groups in total. The summed E-state index contributed by atoms with van der Waals surface area (Å²) in [5, 5.41) is 0. The molecule has 0 radical (unpaired) electrons. The summed E-state index contributed by atoms with van der Waals surface area (Å²) in [6.07, 6.45) is 10.8. The molecule has 2 heteroatoms. The number of carbonyl (C=O) groups is 1. The Morgan fingerprint density at radius 1 is 1.43 bits per heavy atom. The molecular formula is C12H20O2. The highest BCUT2D eigenvalue weighted by Gasteiger charge is 2.06. The number of allylic oxidation sites excluding steroid dienone is 3. The van der Waals surface area contributed by atoms with Gasteiger partial charge in [0.05, 0.1) is 0 Å². The molecule has 0 aliphatic heterocycles. The lowest BCUT2D eigenvalue weighted by Crippen LogP contribution is -2.13. The van der Waals surface area contributed by atoms with Crippen molar-refractivity contribution in [1.29, 1.82) is 0 Å². The van der Waals surface area contributed by atoms with E-state index in [-0.39, 0.29) is 12.1 Å². The van der Waals surface area contributed by atoms with Gasteiger partial charge in [0, 0.05) is 6.92 Å². The fourth-order valence-electron chi connectivity index (χ4n) is 1.11. The third-order valence-corrected chi connectivity index (χ3v) is 1.79. The smallest absolute Gasteiger partial charge is 0.303 e. The molecule has 0 rings (SSSR count). The zero-order chi connectivity index (χ0) is 10.8. The molecule has 0 aromatic heterocycles. The molecule has 0 aromatic carbocycles. The first-order valence-corrected chi connectivity index (χ1v) is 5.17. The third kappa shape index (κ3) is 7.59. The third-order valence-electron chi connectivity index (χ3n) is 1.79. The predicted molar refractivity (Wildman–Crippen MR) is 59.0 cm³/mol. The van der Waals surface area contributed by atoms with Gasteiger partial charge in [-0.2, -0.15) is 0 Å². The lowest BCUT2D eigenvalue weighted by Gasteiger charge is -2.11. The molecule has 1 atom stereocenters. The van der Waals surface area contributed by atoms with Gasteiger partial charge in [0.25, 0.3) is 0 Å². The Hall–Kier alpha value is -1.05. The second-order valence-electron chi connectivity index (χ2n) is 3.20. The summed E-state index contributed by atoms with van der Waals surface area (Å²) < 4.78 is 5.14. The van der Waals surface area contributed by atoms with Crippen molar-refractivity contribution in [2.45, 2.75) is 46.1 Å². The minimum atomic E-state index is -0.212. The fraction of sp³-hybridized carbons (Fsp3) is 0.583. The highest BCUT2D eigenvalue weighted by molar-refractivity contribution is 5.66. The van der Waals surface area contributed by atoms with E-state index in [0.29, 0.717) is 0 Å². The maximum absolute atomic E-state index is 10.8. The topological polar surface area (TPSA) is 26.3 Å². The maximum Gasteiger partial charge on any atom is 0.303 e. The van der Waals surface area contributed by atoms with Crippen molar-refractivity contribution < 1.29 is 9.53 Å². The number of carbonyl (C=O) groups excluding carboxylic acids is 1. The van der Waals surface area contributed by atoms with Gasteiger partial charge in [-0.05, 0) is 25.8 Å². The summed E-state index contributed by atoms with van der Waals surface area (Å²) in [5.41, 5.74) is 0. The summed E-state index contributed by atoms with van der Waals surface area (Å²) in [6.45, 7) is 5.53. The van der Waals surface area contributed by atoms with Crippen LogP contribution in [0.2, 0.25) is 0 Å². The first-order chi connectivity index (χ1) is 6.70. The van der Waals surface area contributed by atoms with Crippen molar-refractivity contribution in [3.05, 3.63) is 24.3 Å². The van der Waals surface area contributed by atoms with Gasteiger partial charge in [-0.25, -0.2) is 0 Å². The Kier molecular flexibility index (Phi) is 7.90. The van der Waals surface area contributed by atoms with E-state index in [9.17, 15) is 4.79 Å². The van der Waals surface area contributed by atoms with Crippen LogP contribution >= 0.6 is 0 Å². The Labute approximate surface area is 86.6 Å². The van der Waals surface area contributed by atoms with Crippen LogP contribution in [0.15, 0.2) is 24.3 Å². The molecule has 0 aliphatic carbocycles. The van der Waals surface area contributed by atoms with Crippen LogP contribution in [-0.2, 0) is 9.53 Å². The normalized spacial score (nSPS) is 13.6. The van der Waals surface area contributed by atoms with Crippen LogP contribution in [0, 0.1) is 0 Å². The predicted octanol–water partition coefficient (Wildman–Crippen LogP) is 3.24. The molecule has 14 heavy (non-hydrogen) atoms. The van der Waals surface area contributed by atoms with Crippen molar-refractivity contribution in [3.63, 3.8) is 0 Å². The number of esters is 1. The van der Waals surface area contributed by atoms with Gasteiger partial charge >= 0.3 is 5.97 Å². The summed E-state index contributed by atoms with van der Waals surface area (Å²) >= 11 is 0. The molecule has 0 aromatic rings. The van der Waals surface area contributed by atoms with Crippen molar-refractivity contribution in [2.24, 2.45) is 0 Å². The molecule has 0 bridgehead atoms. The number of hydrogen-bond acceptors (Lipinski definition) is 2. The Bertz CT molecular complexity index is 204. The van der Waals surface area contributed by atoms with Crippen LogP contribution in [0.4, 0.5) is 0 Å². The molecule has 80 valence electrons. The Morgan fingerprint density at radius 3 is 2.64 bits per heavy atom. The molecular weight excluding hydrogens is 176 g/mol. The molecule has 0 spiro atoms. The molecule has 2 nitrogen and oxygen atoms in total. The lowest BCUT2D eigenvalue weighted by atomic mass is 10.1. The van der Waals surface area contributed by atoms with Crippen LogP contribution in [0.25, 0.3) is 0 Å². The lowest BCUT2D eigenvalue weighted by molar-refractivity contribution is -0.144. The van der Waals surface area contributed by atoms with Crippen LogP contribution in [0.3, 0.4) is 0 Å². The molecule has 0 heterocycles. The number of unbranched alkanes of at least 4 members (excludes halogenated alkanes) is 1. The van der Waals surface area contributed by atoms with E-state index in [1.165, 1.54) is 6.92 Å². The monoisotopic (exact) mass is 196 g/mol. The molecule has 1 unspecified atom stereocenters. The zero-order valence-electron chi connectivity index (χ0n) is 9.32. The van der Waals surface area contributed by atoms with Crippen molar-refractivity contribution in [3.8, 4) is 0 Å². The van der Waals surface area contributed by atoms with Crippen LogP contribution in [0.1, 0.15) is 40.0 Å². The van der Waals surface area contributed by atoms with Crippen molar-refractivity contribution in [2.75, 3.05) is 0 Å². The SMILES string of the molecule is C/C=C\C=C\C(CCCC)OC(C)=O. The van der Waals surface area contributed by atoms with Gasteiger partial charge in [-0.15, -0.1) is 0 Å². The summed E-state index contributed by atoms with van der Waals surface area (Å²) in [7, 11) is 0. The second-order valence-corrected chi connectivity index (χ2v) is 3.20. The van der Waals surface area contributed by atoms with Crippen LogP contribution < -0.4 is 0 Å². The molecule has 0 amide bonds.